The van der Waals surface area contributed by atoms with Crippen molar-refractivity contribution in [3.05, 3.63) is 85.2 Å². The van der Waals surface area contributed by atoms with Crippen molar-refractivity contribution in [2.24, 2.45) is 14.1 Å². The van der Waals surface area contributed by atoms with E-state index < -0.39 is 17.3 Å². The number of halogens is 1. The van der Waals surface area contributed by atoms with Crippen molar-refractivity contribution >= 4 is 28.4 Å². The van der Waals surface area contributed by atoms with Crippen LogP contribution in [0.3, 0.4) is 0 Å². The third kappa shape index (κ3) is 3.45. The Kier molecular flexibility index (Phi) is 5.08. The maximum atomic E-state index is 13.3. The molecule has 1 N–H and O–H groups in total. The number of aromatic nitrogens is 4. The summed E-state index contributed by atoms with van der Waals surface area (Å²) in [4.78, 5) is 42.5. The second-order valence-corrected chi connectivity index (χ2v) is 7.80. The Morgan fingerprint density at radius 2 is 1.90 bits per heavy atom. The van der Waals surface area contributed by atoms with Gasteiger partial charge in [0.1, 0.15) is 12.4 Å². The second kappa shape index (κ2) is 7.71. The molecule has 0 radical (unpaired) electrons. The van der Waals surface area contributed by atoms with E-state index in [9.17, 15) is 18.8 Å². The SMILES string of the molecule is Cn1c(=O)c2c(ncn2CC(=O)NC(c2ccc(F)cc2)c2cccs2)n(C)c1=O. The molecule has 8 nitrogen and oxygen atoms in total. The maximum absolute atomic E-state index is 13.3. The van der Waals surface area contributed by atoms with Crippen LogP contribution in [0, 0.1) is 5.82 Å². The smallest absolute Gasteiger partial charge is 0.332 e. The fourth-order valence-electron chi connectivity index (χ4n) is 3.31. The first kappa shape index (κ1) is 19.8. The highest BCUT2D eigenvalue weighted by Crippen LogP contribution is 2.26. The van der Waals surface area contributed by atoms with Crippen LogP contribution in [0.25, 0.3) is 11.2 Å². The van der Waals surface area contributed by atoms with E-state index in [1.807, 2.05) is 17.5 Å². The van der Waals surface area contributed by atoms with Crippen LogP contribution in [-0.4, -0.2) is 24.6 Å². The predicted molar refractivity (Wildman–Crippen MR) is 111 cm³/mol. The molecule has 0 bridgehead atoms. The van der Waals surface area contributed by atoms with Crippen molar-refractivity contribution < 1.29 is 9.18 Å². The lowest BCUT2D eigenvalue weighted by Crippen LogP contribution is -2.38. The highest BCUT2D eigenvalue weighted by atomic mass is 32.1. The number of rotatable bonds is 5. The molecule has 0 aliphatic rings. The number of benzene rings is 1. The lowest BCUT2D eigenvalue weighted by Gasteiger charge is -2.18. The third-order valence-corrected chi connectivity index (χ3v) is 5.80. The lowest BCUT2D eigenvalue weighted by molar-refractivity contribution is -0.122. The van der Waals surface area contributed by atoms with E-state index in [4.69, 9.17) is 0 Å². The van der Waals surface area contributed by atoms with Crippen LogP contribution >= 0.6 is 11.3 Å². The number of amides is 1. The summed E-state index contributed by atoms with van der Waals surface area (Å²) in [6.45, 7) is -0.160. The highest BCUT2D eigenvalue weighted by Gasteiger charge is 2.20. The molecular weight excluding hydrogens is 409 g/mol. The second-order valence-electron chi connectivity index (χ2n) is 6.82. The van der Waals surface area contributed by atoms with Crippen molar-refractivity contribution in [2.75, 3.05) is 0 Å². The summed E-state index contributed by atoms with van der Waals surface area (Å²) in [5.74, 6) is -0.714. The molecule has 1 amide bonds. The molecule has 1 aromatic carbocycles. The number of nitrogens with one attached hydrogen (secondary N) is 1. The summed E-state index contributed by atoms with van der Waals surface area (Å²) in [7, 11) is 2.89. The van der Waals surface area contributed by atoms with Gasteiger partial charge in [-0.15, -0.1) is 11.3 Å². The number of thiophene rings is 1. The Labute approximate surface area is 173 Å². The number of fused-ring (bicyclic) bond motifs is 1. The Bertz CT molecular complexity index is 1340. The van der Waals surface area contributed by atoms with E-state index in [-0.39, 0.29) is 29.4 Å². The fourth-order valence-corrected chi connectivity index (χ4v) is 4.11. The molecule has 3 heterocycles. The molecule has 1 unspecified atom stereocenters. The van der Waals surface area contributed by atoms with Crippen molar-refractivity contribution in [3.8, 4) is 0 Å². The van der Waals surface area contributed by atoms with Gasteiger partial charge in [-0.25, -0.2) is 14.2 Å². The number of hydrogen-bond donors (Lipinski definition) is 1. The Morgan fingerprint density at radius 1 is 1.17 bits per heavy atom. The van der Waals surface area contributed by atoms with Gasteiger partial charge in [0.2, 0.25) is 5.91 Å². The molecule has 0 fully saturated rings. The van der Waals surface area contributed by atoms with E-state index in [0.717, 1.165) is 15.0 Å². The van der Waals surface area contributed by atoms with Gasteiger partial charge in [0.15, 0.2) is 11.2 Å². The monoisotopic (exact) mass is 427 g/mol. The summed E-state index contributed by atoms with van der Waals surface area (Å²) >= 11 is 1.47. The minimum atomic E-state index is -0.522. The summed E-state index contributed by atoms with van der Waals surface area (Å²) in [5.41, 5.74) is 0.109. The molecular formula is C20H18FN5O3S. The van der Waals surface area contributed by atoms with Gasteiger partial charge in [0.05, 0.1) is 12.4 Å². The largest absolute Gasteiger partial charge is 0.343 e. The van der Waals surface area contributed by atoms with Gasteiger partial charge in [-0.2, -0.15) is 0 Å². The molecule has 0 saturated heterocycles. The predicted octanol–water partition coefficient (Wildman–Crippen LogP) is 1.54. The molecule has 0 spiro atoms. The van der Waals surface area contributed by atoms with Gasteiger partial charge >= 0.3 is 5.69 Å². The zero-order valence-corrected chi connectivity index (χ0v) is 17.0. The third-order valence-electron chi connectivity index (χ3n) is 4.87. The normalized spacial score (nSPS) is 12.2. The zero-order valence-electron chi connectivity index (χ0n) is 16.2. The van der Waals surface area contributed by atoms with E-state index in [1.54, 1.807) is 12.1 Å². The van der Waals surface area contributed by atoms with E-state index >= 15 is 0 Å². The number of carbonyl (C=O) groups is 1. The van der Waals surface area contributed by atoms with Gasteiger partial charge in [-0.3, -0.25) is 18.7 Å². The molecule has 4 rings (SSSR count). The molecule has 1 atom stereocenters. The molecule has 154 valence electrons. The van der Waals surface area contributed by atoms with E-state index in [2.05, 4.69) is 10.3 Å². The summed E-state index contributed by atoms with van der Waals surface area (Å²) in [5, 5.41) is 4.84. The molecule has 0 aliphatic carbocycles. The first-order chi connectivity index (χ1) is 14.4. The van der Waals surface area contributed by atoms with Crippen LogP contribution in [0.1, 0.15) is 16.5 Å². The van der Waals surface area contributed by atoms with Crippen LogP contribution in [0.15, 0.2) is 57.7 Å². The minimum Gasteiger partial charge on any atom is -0.343 e. The Morgan fingerprint density at radius 3 is 2.57 bits per heavy atom. The molecule has 4 aromatic rings. The maximum Gasteiger partial charge on any atom is 0.332 e. The van der Waals surface area contributed by atoms with Crippen molar-refractivity contribution in [3.63, 3.8) is 0 Å². The quantitative estimate of drug-likeness (QED) is 0.523. The average Bonchev–Trinajstić information content (AvgIpc) is 3.40. The number of aryl methyl sites for hydroxylation is 1. The van der Waals surface area contributed by atoms with Crippen LogP contribution in [0.5, 0.6) is 0 Å². The van der Waals surface area contributed by atoms with Crippen LogP contribution in [-0.2, 0) is 25.4 Å². The Hall–Kier alpha value is -3.53. The summed E-state index contributed by atoms with van der Waals surface area (Å²) in [6, 6.07) is 9.23. The van der Waals surface area contributed by atoms with Crippen molar-refractivity contribution in [1.29, 1.82) is 0 Å². The standard InChI is InChI=1S/C20H18FN5O3S/c1-24-18-17(19(28)25(2)20(24)29)26(11-22-18)10-15(27)23-16(14-4-3-9-30-14)12-5-7-13(21)8-6-12/h3-9,11,16H,10H2,1-2H3,(H,23,27). The van der Waals surface area contributed by atoms with Gasteiger partial charge in [0.25, 0.3) is 5.56 Å². The topological polar surface area (TPSA) is 90.9 Å². The first-order valence-corrected chi connectivity index (χ1v) is 9.94. The number of imidazole rings is 1. The fraction of sp³-hybridized carbons (Fsp3) is 0.200. The van der Waals surface area contributed by atoms with Gasteiger partial charge in [0, 0.05) is 19.0 Å². The molecule has 30 heavy (non-hydrogen) atoms. The number of hydrogen-bond acceptors (Lipinski definition) is 5. The van der Waals surface area contributed by atoms with Crippen molar-refractivity contribution in [2.45, 2.75) is 12.6 Å². The molecule has 3 aromatic heterocycles. The van der Waals surface area contributed by atoms with Crippen LogP contribution in [0.2, 0.25) is 0 Å². The molecule has 10 heteroatoms. The zero-order chi connectivity index (χ0) is 21.4. The summed E-state index contributed by atoms with van der Waals surface area (Å²) < 4.78 is 17.0. The van der Waals surface area contributed by atoms with Gasteiger partial charge in [-0.1, -0.05) is 18.2 Å². The highest BCUT2D eigenvalue weighted by molar-refractivity contribution is 7.10. The van der Waals surface area contributed by atoms with Gasteiger partial charge in [-0.05, 0) is 29.1 Å². The van der Waals surface area contributed by atoms with Gasteiger partial charge < -0.3 is 9.88 Å². The Balaban J connectivity index is 1.66. The van der Waals surface area contributed by atoms with E-state index in [0.29, 0.717) is 0 Å². The van der Waals surface area contributed by atoms with Crippen LogP contribution < -0.4 is 16.6 Å². The number of nitrogens with zero attached hydrogens (tertiary/aromatic N) is 4. The first-order valence-electron chi connectivity index (χ1n) is 9.06. The van der Waals surface area contributed by atoms with Crippen molar-refractivity contribution in [1.82, 2.24) is 24.0 Å². The molecule has 0 aliphatic heterocycles. The summed E-state index contributed by atoms with van der Waals surface area (Å²) in [6.07, 6.45) is 1.36. The van der Waals surface area contributed by atoms with E-state index in [1.165, 1.54) is 53.0 Å². The number of carbonyl (C=O) groups excluding carboxylic acids is 1. The average molecular weight is 427 g/mol. The molecule has 0 saturated carbocycles. The minimum absolute atomic E-state index is 0.160. The van der Waals surface area contributed by atoms with Crippen LogP contribution in [0.4, 0.5) is 4.39 Å². The lowest BCUT2D eigenvalue weighted by atomic mass is 10.1.